The third-order valence-corrected chi connectivity index (χ3v) is 5.09. The predicted octanol–water partition coefficient (Wildman–Crippen LogP) is 3.37. The van der Waals surface area contributed by atoms with E-state index in [1.807, 2.05) is 6.07 Å². The molecule has 3 aromatic rings. The smallest absolute Gasteiger partial charge is 0.228 e. The van der Waals surface area contributed by atoms with Gasteiger partial charge in [0.25, 0.3) is 0 Å². The van der Waals surface area contributed by atoms with Crippen LogP contribution in [0.2, 0.25) is 0 Å². The Morgan fingerprint density at radius 2 is 1.92 bits per heavy atom. The molecule has 0 bridgehead atoms. The number of halogens is 1. The topological polar surface area (TPSA) is 81.5 Å². The summed E-state index contributed by atoms with van der Waals surface area (Å²) in [6, 6.07) is 12.8. The molecule has 0 unspecified atom stereocenters. The summed E-state index contributed by atoms with van der Waals surface area (Å²) >= 11 is 3.35. The maximum atomic E-state index is 9.37. The van der Waals surface area contributed by atoms with Gasteiger partial charge >= 0.3 is 0 Å². The summed E-state index contributed by atoms with van der Waals surface area (Å²) in [5, 5.41) is 17.0. The molecule has 6 nitrogen and oxygen atoms in total. The molecular weight excluding hydrogens is 368 g/mol. The van der Waals surface area contributed by atoms with Gasteiger partial charge in [0.2, 0.25) is 5.95 Å². The van der Waals surface area contributed by atoms with E-state index < -0.39 is 0 Å². The lowest BCUT2D eigenvalue weighted by Gasteiger charge is -2.32. The Hall–Kier alpha value is -2.46. The molecule has 24 heavy (non-hydrogen) atoms. The number of rotatable bonds is 2. The lowest BCUT2D eigenvalue weighted by Crippen LogP contribution is -2.34. The minimum Gasteiger partial charge on any atom is -0.341 e. The van der Waals surface area contributed by atoms with Gasteiger partial charge in [0.1, 0.15) is 10.7 Å². The molecule has 0 radical (unpaired) electrons. The van der Waals surface area contributed by atoms with E-state index >= 15 is 0 Å². The molecule has 0 aliphatic carbocycles. The molecule has 1 aliphatic heterocycles. The van der Waals surface area contributed by atoms with Gasteiger partial charge in [-0.1, -0.05) is 30.3 Å². The monoisotopic (exact) mass is 382 g/mol. The molecule has 1 aliphatic rings. The van der Waals surface area contributed by atoms with Crippen molar-refractivity contribution in [1.29, 1.82) is 5.26 Å². The van der Waals surface area contributed by atoms with Crippen LogP contribution in [0.4, 0.5) is 5.95 Å². The van der Waals surface area contributed by atoms with Crippen LogP contribution < -0.4 is 4.90 Å². The summed E-state index contributed by atoms with van der Waals surface area (Å²) < 4.78 is 0.642. The van der Waals surface area contributed by atoms with E-state index in [0.29, 0.717) is 33.2 Å². The maximum Gasteiger partial charge on any atom is 0.228 e. The lowest BCUT2D eigenvalue weighted by atomic mass is 9.90. The van der Waals surface area contributed by atoms with E-state index in [4.69, 9.17) is 0 Å². The average molecular weight is 383 g/mol. The van der Waals surface area contributed by atoms with Gasteiger partial charge in [0.15, 0.2) is 11.3 Å². The van der Waals surface area contributed by atoms with Crippen LogP contribution in [0.15, 0.2) is 34.9 Å². The van der Waals surface area contributed by atoms with Crippen molar-refractivity contribution >= 4 is 32.9 Å². The van der Waals surface area contributed by atoms with Crippen LogP contribution in [0.1, 0.15) is 30.0 Å². The predicted molar refractivity (Wildman–Crippen MR) is 94.7 cm³/mol. The van der Waals surface area contributed by atoms with Gasteiger partial charge in [-0.05, 0) is 40.3 Å². The number of H-pyrrole nitrogens is 1. The minimum atomic E-state index is 0.348. The summed E-state index contributed by atoms with van der Waals surface area (Å²) in [5.41, 5.74) is 2.26. The first-order valence-electron chi connectivity index (χ1n) is 7.88. The van der Waals surface area contributed by atoms with Crippen molar-refractivity contribution in [2.24, 2.45) is 0 Å². The number of aromatic nitrogens is 4. The van der Waals surface area contributed by atoms with Crippen molar-refractivity contribution < 1.29 is 0 Å². The number of hydrogen-bond acceptors (Lipinski definition) is 5. The Bertz CT molecular complexity index is 906. The van der Waals surface area contributed by atoms with Crippen molar-refractivity contribution in [3.8, 4) is 6.07 Å². The summed E-state index contributed by atoms with van der Waals surface area (Å²) in [6.07, 6.45) is 2.11. The van der Waals surface area contributed by atoms with Gasteiger partial charge in [-0.2, -0.15) is 15.3 Å². The first-order valence-corrected chi connectivity index (χ1v) is 8.67. The van der Waals surface area contributed by atoms with Crippen LogP contribution in [0.3, 0.4) is 0 Å². The van der Waals surface area contributed by atoms with Crippen molar-refractivity contribution in [3.63, 3.8) is 0 Å². The van der Waals surface area contributed by atoms with Gasteiger partial charge in [-0.25, -0.2) is 4.98 Å². The highest BCUT2D eigenvalue weighted by molar-refractivity contribution is 9.10. The molecule has 1 aromatic carbocycles. The van der Waals surface area contributed by atoms with Crippen LogP contribution in [-0.2, 0) is 0 Å². The zero-order valence-electron chi connectivity index (χ0n) is 12.9. The fourth-order valence-electron chi connectivity index (χ4n) is 3.24. The molecule has 0 amide bonds. The van der Waals surface area contributed by atoms with Gasteiger partial charge in [0.05, 0.1) is 5.39 Å². The standard InChI is InChI=1S/C17H15BrN6/c18-15-14-13(10-19)20-17(21-16(14)23-22-15)24-8-6-12(7-9-24)11-4-2-1-3-5-11/h1-5,12H,6-9H2,(H,20,21,22,23). The average Bonchev–Trinajstić information content (AvgIpc) is 3.03. The Kier molecular flexibility index (Phi) is 3.90. The van der Waals surface area contributed by atoms with Crippen LogP contribution >= 0.6 is 15.9 Å². The van der Waals surface area contributed by atoms with Gasteiger partial charge in [-0.15, -0.1) is 0 Å². The first kappa shape index (κ1) is 15.1. The Balaban J connectivity index is 1.58. The van der Waals surface area contributed by atoms with Crippen molar-refractivity contribution in [3.05, 3.63) is 46.2 Å². The number of nitrogens with one attached hydrogen (secondary N) is 1. The molecule has 7 heteroatoms. The summed E-state index contributed by atoms with van der Waals surface area (Å²) in [7, 11) is 0. The van der Waals surface area contributed by atoms with Gasteiger partial charge in [-0.3, -0.25) is 5.10 Å². The normalized spacial score (nSPS) is 15.6. The Labute approximate surface area is 147 Å². The molecule has 0 saturated carbocycles. The largest absolute Gasteiger partial charge is 0.341 e. The molecule has 0 spiro atoms. The number of nitrogens with zero attached hydrogens (tertiary/aromatic N) is 5. The maximum absolute atomic E-state index is 9.37. The number of fused-ring (bicyclic) bond motifs is 1. The van der Waals surface area contributed by atoms with Gasteiger partial charge in [0, 0.05) is 13.1 Å². The second kappa shape index (κ2) is 6.21. The van der Waals surface area contributed by atoms with E-state index in [1.165, 1.54) is 5.56 Å². The second-order valence-electron chi connectivity index (χ2n) is 5.89. The second-order valence-corrected chi connectivity index (χ2v) is 6.69. The number of piperidine rings is 1. The highest BCUT2D eigenvalue weighted by Crippen LogP contribution is 2.30. The molecule has 120 valence electrons. The number of nitriles is 1. The molecule has 1 saturated heterocycles. The van der Waals surface area contributed by atoms with E-state index in [-0.39, 0.29) is 0 Å². The lowest BCUT2D eigenvalue weighted by molar-refractivity contribution is 0.500. The van der Waals surface area contributed by atoms with Crippen molar-refractivity contribution in [2.45, 2.75) is 18.8 Å². The van der Waals surface area contributed by atoms with Gasteiger partial charge < -0.3 is 4.90 Å². The van der Waals surface area contributed by atoms with Crippen LogP contribution in [-0.4, -0.2) is 33.3 Å². The van der Waals surface area contributed by atoms with Crippen molar-refractivity contribution in [1.82, 2.24) is 20.2 Å². The minimum absolute atomic E-state index is 0.348. The molecule has 0 atom stereocenters. The van der Waals surface area contributed by atoms with Crippen LogP contribution in [0.5, 0.6) is 0 Å². The molecular formula is C17H15BrN6. The first-order chi connectivity index (χ1) is 11.8. The van der Waals surface area contributed by atoms with Crippen LogP contribution in [0.25, 0.3) is 11.0 Å². The third-order valence-electron chi connectivity index (χ3n) is 4.51. The number of aromatic amines is 1. The fraction of sp³-hybridized carbons (Fsp3) is 0.294. The zero-order valence-corrected chi connectivity index (χ0v) is 14.5. The van der Waals surface area contributed by atoms with Crippen molar-refractivity contribution in [2.75, 3.05) is 18.0 Å². The third kappa shape index (κ3) is 2.63. The van der Waals surface area contributed by atoms with Crippen LogP contribution in [0, 0.1) is 11.3 Å². The number of anilines is 1. The quantitative estimate of drug-likeness (QED) is 0.734. The van der Waals surface area contributed by atoms with E-state index in [2.05, 4.69) is 71.3 Å². The summed E-state index contributed by atoms with van der Waals surface area (Å²) in [5.74, 6) is 1.16. The van der Waals surface area contributed by atoms with E-state index in [0.717, 1.165) is 25.9 Å². The highest BCUT2D eigenvalue weighted by Gasteiger charge is 2.24. The molecule has 2 aromatic heterocycles. The SMILES string of the molecule is N#Cc1nc(N2CCC(c3ccccc3)CC2)nc2n[nH]c(Br)c12. The number of hydrogen-bond donors (Lipinski definition) is 1. The van der Waals surface area contributed by atoms with E-state index in [1.54, 1.807) is 0 Å². The molecule has 3 heterocycles. The summed E-state index contributed by atoms with van der Waals surface area (Å²) in [6.45, 7) is 1.75. The molecule has 1 fully saturated rings. The summed E-state index contributed by atoms with van der Waals surface area (Å²) in [4.78, 5) is 11.1. The van der Waals surface area contributed by atoms with E-state index in [9.17, 15) is 5.26 Å². The molecule has 4 rings (SSSR count). The fourth-order valence-corrected chi connectivity index (χ4v) is 3.69. The Morgan fingerprint density at radius 3 is 2.62 bits per heavy atom. The zero-order chi connectivity index (χ0) is 16.5. The Morgan fingerprint density at radius 1 is 1.17 bits per heavy atom. The molecule has 1 N–H and O–H groups in total. The highest BCUT2D eigenvalue weighted by atomic mass is 79.9. The number of benzene rings is 1.